The van der Waals surface area contributed by atoms with Crippen molar-refractivity contribution in [1.29, 1.82) is 0 Å². The third-order valence-electron chi connectivity index (χ3n) is 4.72. The van der Waals surface area contributed by atoms with Crippen molar-refractivity contribution in [2.45, 2.75) is 57.4 Å². The minimum Gasteiger partial charge on any atom is -0.310 e. The smallest absolute Gasteiger partial charge is 0.0348 e. The van der Waals surface area contributed by atoms with Crippen molar-refractivity contribution in [2.75, 3.05) is 6.54 Å². The molecule has 2 aliphatic rings. The second kappa shape index (κ2) is 5.92. The maximum Gasteiger partial charge on any atom is 0.0348 e. The number of rotatable bonds is 4. The Morgan fingerprint density at radius 3 is 2.89 bits per heavy atom. The molecule has 0 saturated carbocycles. The molecule has 0 bridgehead atoms. The van der Waals surface area contributed by atoms with Gasteiger partial charge in [-0.25, -0.2) is 0 Å². The van der Waals surface area contributed by atoms with E-state index in [-0.39, 0.29) is 0 Å². The van der Waals surface area contributed by atoms with Crippen LogP contribution in [0.5, 0.6) is 0 Å². The zero-order chi connectivity index (χ0) is 13.1. The SMILES string of the molecule is CCNC(C1=CCCC1)C1CCCc2ccccc21. The Bertz CT molecular complexity index is 461. The Morgan fingerprint density at radius 1 is 1.21 bits per heavy atom. The molecule has 1 nitrogen and oxygen atoms in total. The normalized spacial score (nSPS) is 23.8. The number of likely N-dealkylation sites (N-methyl/N-ethyl adjacent to an activating group) is 1. The molecule has 2 atom stereocenters. The number of aryl methyl sites for hydroxylation is 1. The summed E-state index contributed by atoms with van der Waals surface area (Å²) >= 11 is 0. The highest BCUT2D eigenvalue weighted by atomic mass is 14.9. The van der Waals surface area contributed by atoms with E-state index in [1.807, 2.05) is 0 Å². The molecule has 0 heterocycles. The van der Waals surface area contributed by atoms with E-state index in [9.17, 15) is 0 Å². The Hall–Kier alpha value is -1.08. The predicted molar refractivity (Wildman–Crippen MR) is 81.5 cm³/mol. The van der Waals surface area contributed by atoms with Gasteiger partial charge in [-0.15, -0.1) is 0 Å². The zero-order valence-corrected chi connectivity index (χ0v) is 12.0. The molecule has 2 unspecified atom stereocenters. The lowest BCUT2D eigenvalue weighted by Crippen LogP contribution is -2.37. The van der Waals surface area contributed by atoms with E-state index in [0.717, 1.165) is 6.54 Å². The zero-order valence-electron chi connectivity index (χ0n) is 12.0. The molecular weight excluding hydrogens is 230 g/mol. The monoisotopic (exact) mass is 255 g/mol. The second-order valence-corrected chi connectivity index (χ2v) is 5.90. The maximum absolute atomic E-state index is 3.77. The van der Waals surface area contributed by atoms with Crippen LogP contribution in [0.4, 0.5) is 0 Å². The van der Waals surface area contributed by atoms with Gasteiger partial charge in [0.1, 0.15) is 0 Å². The van der Waals surface area contributed by atoms with Gasteiger partial charge in [-0.1, -0.05) is 42.8 Å². The van der Waals surface area contributed by atoms with Crippen LogP contribution >= 0.6 is 0 Å². The summed E-state index contributed by atoms with van der Waals surface area (Å²) in [5.74, 6) is 0.689. The van der Waals surface area contributed by atoms with Crippen LogP contribution in [0.25, 0.3) is 0 Å². The summed E-state index contributed by atoms with van der Waals surface area (Å²) in [5.41, 5.74) is 4.86. The van der Waals surface area contributed by atoms with Gasteiger partial charge in [0.05, 0.1) is 0 Å². The van der Waals surface area contributed by atoms with E-state index in [2.05, 4.69) is 42.6 Å². The maximum atomic E-state index is 3.77. The van der Waals surface area contributed by atoms with E-state index in [1.165, 1.54) is 38.5 Å². The molecule has 1 aromatic rings. The predicted octanol–water partition coefficient (Wildman–Crippen LogP) is 4.19. The van der Waals surface area contributed by atoms with Gasteiger partial charge in [-0.05, 0) is 56.2 Å². The fourth-order valence-corrected chi connectivity index (χ4v) is 3.87. The molecule has 0 spiro atoms. The van der Waals surface area contributed by atoms with Gasteiger partial charge < -0.3 is 5.32 Å². The van der Waals surface area contributed by atoms with Gasteiger partial charge >= 0.3 is 0 Å². The first kappa shape index (κ1) is 12.9. The van der Waals surface area contributed by atoms with Crippen LogP contribution in [-0.4, -0.2) is 12.6 Å². The molecular formula is C18H25N. The fraction of sp³-hybridized carbons (Fsp3) is 0.556. The van der Waals surface area contributed by atoms with E-state index < -0.39 is 0 Å². The molecule has 1 N–H and O–H groups in total. The highest BCUT2D eigenvalue weighted by Gasteiger charge is 2.30. The summed E-state index contributed by atoms with van der Waals surface area (Å²) < 4.78 is 0. The van der Waals surface area contributed by atoms with Crippen LogP contribution in [0.15, 0.2) is 35.9 Å². The summed E-state index contributed by atoms with van der Waals surface area (Å²) in [6.45, 7) is 3.30. The first-order chi connectivity index (χ1) is 9.40. The third-order valence-corrected chi connectivity index (χ3v) is 4.72. The number of allylic oxidation sites excluding steroid dienone is 1. The van der Waals surface area contributed by atoms with Crippen molar-refractivity contribution in [3.05, 3.63) is 47.0 Å². The molecule has 0 fully saturated rings. The van der Waals surface area contributed by atoms with Gasteiger partial charge in [0, 0.05) is 12.0 Å². The highest BCUT2D eigenvalue weighted by Crippen LogP contribution is 2.38. The largest absolute Gasteiger partial charge is 0.310 e. The highest BCUT2D eigenvalue weighted by molar-refractivity contribution is 5.36. The van der Waals surface area contributed by atoms with Crippen LogP contribution in [0.2, 0.25) is 0 Å². The number of hydrogen-bond acceptors (Lipinski definition) is 1. The lowest BCUT2D eigenvalue weighted by Gasteiger charge is -2.34. The minimum atomic E-state index is 0.578. The lowest BCUT2D eigenvalue weighted by atomic mass is 9.76. The van der Waals surface area contributed by atoms with Crippen molar-refractivity contribution in [3.63, 3.8) is 0 Å². The van der Waals surface area contributed by atoms with Crippen LogP contribution < -0.4 is 5.32 Å². The van der Waals surface area contributed by atoms with Gasteiger partial charge in [0.15, 0.2) is 0 Å². The van der Waals surface area contributed by atoms with Gasteiger partial charge in [-0.3, -0.25) is 0 Å². The topological polar surface area (TPSA) is 12.0 Å². The van der Waals surface area contributed by atoms with Gasteiger partial charge in [0.25, 0.3) is 0 Å². The van der Waals surface area contributed by atoms with E-state index >= 15 is 0 Å². The lowest BCUT2D eigenvalue weighted by molar-refractivity contribution is 0.431. The number of fused-ring (bicyclic) bond motifs is 1. The molecule has 1 aromatic carbocycles. The van der Waals surface area contributed by atoms with Crippen LogP contribution in [0, 0.1) is 0 Å². The quantitative estimate of drug-likeness (QED) is 0.795. The molecule has 0 amide bonds. The molecule has 102 valence electrons. The van der Waals surface area contributed by atoms with E-state index in [0.29, 0.717) is 12.0 Å². The van der Waals surface area contributed by atoms with E-state index in [1.54, 1.807) is 16.7 Å². The average molecular weight is 255 g/mol. The summed E-state index contributed by atoms with van der Waals surface area (Å²) in [7, 11) is 0. The summed E-state index contributed by atoms with van der Waals surface area (Å²) in [6.07, 6.45) is 10.4. The molecule has 1 heteroatoms. The first-order valence-electron chi connectivity index (χ1n) is 7.90. The molecule has 19 heavy (non-hydrogen) atoms. The summed E-state index contributed by atoms with van der Waals surface area (Å²) in [6, 6.07) is 9.67. The standard InChI is InChI=1S/C18H25N/c1-2-19-18(15-9-3-4-10-15)17-13-7-11-14-8-5-6-12-16(14)17/h5-6,8-9,12,17-19H,2-4,7,10-11,13H2,1H3. The molecule has 0 aliphatic heterocycles. The van der Waals surface area contributed by atoms with Crippen LogP contribution in [-0.2, 0) is 6.42 Å². The van der Waals surface area contributed by atoms with Gasteiger partial charge in [0.2, 0.25) is 0 Å². The molecule has 0 aromatic heterocycles. The molecule has 0 radical (unpaired) electrons. The summed E-state index contributed by atoms with van der Waals surface area (Å²) in [5, 5.41) is 3.77. The Labute approximate surface area is 117 Å². The van der Waals surface area contributed by atoms with Crippen LogP contribution in [0.1, 0.15) is 56.1 Å². The number of benzene rings is 1. The molecule has 3 rings (SSSR count). The molecule has 2 aliphatic carbocycles. The van der Waals surface area contributed by atoms with Crippen molar-refractivity contribution in [1.82, 2.24) is 5.32 Å². The fourth-order valence-electron chi connectivity index (χ4n) is 3.87. The van der Waals surface area contributed by atoms with Crippen molar-refractivity contribution in [3.8, 4) is 0 Å². The minimum absolute atomic E-state index is 0.578. The molecule has 0 saturated heterocycles. The van der Waals surface area contributed by atoms with Crippen molar-refractivity contribution >= 4 is 0 Å². The van der Waals surface area contributed by atoms with Crippen LogP contribution in [0.3, 0.4) is 0 Å². The Morgan fingerprint density at radius 2 is 2.11 bits per heavy atom. The Kier molecular flexibility index (Phi) is 4.03. The number of hydrogen-bond donors (Lipinski definition) is 1. The number of nitrogens with one attached hydrogen (secondary N) is 1. The van der Waals surface area contributed by atoms with E-state index in [4.69, 9.17) is 0 Å². The van der Waals surface area contributed by atoms with Crippen molar-refractivity contribution in [2.24, 2.45) is 0 Å². The van der Waals surface area contributed by atoms with Gasteiger partial charge in [-0.2, -0.15) is 0 Å². The first-order valence-corrected chi connectivity index (χ1v) is 7.90. The average Bonchev–Trinajstić information content (AvgIpc) is 2.98. The summed E-state index contributed by atoms with van der Waals surface area (Å²) in [4.78, 5) is 0. The Balaban J connectivity index is 1.91. The second-order valence-electron chi connectivity index (χ2n) is 5.90. The van der Waals surface area contributed by atoms with Crippen molar-refractivity contribution < 1.29 is 0 Å². The third kappa shape index (κ3) is 2.62.